The van der Waals surface area contributed by atoms with Gasteiger partial charge in [-0.2, -0.15) is 18.3 Å². The number of aromatic amines is 1. The van der Waals surface area contributed by atoms with Gasteiger partial charge in [0.25, 0.3) is 0 Å². The number of aromatic nitrogens is 6. The van der Waals surface area contributed by atoms with Gasteiger partial charge in [0.1, 0.15) is 6.04 Å². The van der Waals surface area contributed by atoms with Gasteiger partial charge in [-0.1, -0.05) is 18.9 Å². The van der Waals surface area contributed by atoms with Crippen LogP contribution in [0.5, 0.6) is 0 Å². The van der Waals surface area contributed by atoms with E-state index in [0.29, 0.717) is 36.3 Å². The summed E-state index contributed by atoms with van der Waals surface area (Å²) in [5.41, 5.74) is 1.25. The number of hydrogen-bond donors (Lipinski definition) is 1. The average molecular weight is 417 g/mol. The van der Waals surface area contributed by atoms with Gasteiger partial charge in [-0.25, -0.2) is 9.50 Å². The molecule has 1 aliphatic heterocycles. The number of anilines is 1. The maximum Gasteiger partial charge on any atom is 0.418 e. The highest BCUT2D eigenvalue weighted by Gasteiger charge is 2.38. The Balaban J connectivity index is 1.65. The molecule has 0 fully saturated rings. The highest BCUT2D eigenvalue weighted by Crippen LogP contribution is 2.38. The zero-order valence-corrected chi connectivity index (χ0v) is 16.2. The number of hydrogen-bond acceptors (Lipinski definition) is 6. The van der Waals surface area contributed by atoms with Crippen molar-refractivity contribution in [1.29, 1.82) is 0 Å². The van der Waals surface area contributed by atoms with Crippen molar-refractivity contribution < 1.29 is 17.6 Å². The first kappa shape index (κ1) is 18.6. The van der Waals surface area contributed by atoms with Crippen molar-refractivity contribution in [1.82, 2.24) is 29.8 Å². The van der Waals surface area contributed by atoms with Gasteiger partial charge in [0.2, 0.25) is 5.89 Å². The number of halogens is 3. The minimum atomic E-state index is -4.48. The van der Waals surface area contributed by atoms with Crippen LogP contribution in [0.3, 0.4) is 0 Å². The highest BCUT2D eigenvalue weighted by molar-refractivity contribution is 5.58. The Morgan fingerprint density at radius 2 is 2.10 bits per heavy atom. The van der Waals surface area contributed by atoms with Crippen LogP contribution in [0.4, 0.5) is 19.2 Å². The normalized spacial score (nSPS) is 17.1. The molecular formula is C19H18F3N7O. The molecule has 1 N–H and O–H groups in total. The van der Waals surface area contributed by atoms with Gasteiger partial charge in [-0.05, 0) is 18.2 Å². The zero-order chi connectivity index (χ0) is 21.0. The Morgan fingerprint density at radius 3 is 2.83 bits per heavy atom. The summed E-state index contributed by atoms with van der Waals surface area (Å²) in [4.78, 5) is 9.36. The van der Waals surface area contributed by atoms with Crippen molar-refractivity contribution in [2.45, 2.75) is 38.4 Å². The summed E-state index contributed by atoms with van der Waals surface area (Å²) >= 11 is 0. The van der Waals surface area contributed by atoms with Crippen molar-refractivity contribution in [2.24, 2.45) is 0 Å². The molecule has 11 heteroatoms. The number of alkyl halides is 3. The van der Waals surface area contributed by atoms with Crippen LogP contribution >= 0.6 is 0 Å². The molecule has 5 rings (SSSR count). The van der Waals surface area contributed by atoms with Crippen LogP contribution in [0.25, 0.3) is 5.52 Å². The molecule has 0 saturated heterocycles. The fourth-order valence-corrected chi connectivity index (χ4v) is 3.77. The zero-order valence-electron chi connectivity index (χ0n) is 16.2. The molecule has 0 spiro atoms. The van der Waals surface area contributed by atoms with Crippen LogP contribution in [-0.4, -0.2) is 36.3 Å². The summed E-state index contributed by atoms with van der Waals surface area (Å²) in [7, 11) is 0. The first-order valence-corrected chi connectivity index (χ1v) is 9.50. The average Bonchev–Trinajstić information content (AvgIpc) is 3.43. The Bertz CT molecular complexity index is 1210. The minimum absolute atomic E-state index is 0.0176. The third kappa shape index (κ3) is 2.92. The smallest absolute Gasteiger partial charge is 0.408 e. The Morgan fingerprint density at radius 1 is 1.27 bits per heavy atom. The van der Waals surface area contributed by atoms with Crippen molar-refractivity contribution >= 4 is 11.5 Å². The first-order valence-electron chi connectivity index (χ1n) is 9.50. The lowest BCUT2D eigenvalue weighted by Gasteiger charge is -2.32. The lowest BCUT2D eigenvalue weighted by Crippen LogP contribution is -2.36. The molecule has 1 aliphatic rings. The molecule has 30 heavy (non-hydrogen) atoms. The van der Waals surface area contributed by atoms with Crippen molar-refractivity contribution in [3.8, 4) is 0 Å². The van der Waals surface area contributed by atoms with Gasteiger partial charge < -0.3 is 14.3 Å². The molecule has 1 atom stereocenters. The van der Waals surface area contributed by atoms with Gasteiger partial charge in [0.15, 0.2) is 0 Å². The minimum Gasteiger partial charge on any atom is -0.408 e. The largest absolute Gasteiger partial charge is 0.418 e. The number of rotatable bonds is 3. The van der Waals surface area contributed by atoms with Crippen LogP contribution in [0, 0.1) is 0 Å². The van der Waals surface area contributed by atoms with Gasteiger partial charge in [-0.15, -0.1) is 5.10 Å². The third-order valence-corrected chi connectivity index (χ3v) is 5.20. The second-order valence-corrected chi connectivity index (χ2v) is 7.51. The molecule has 0 saturated carbocycles. The molecule has 0 radical (unpaired) electrons. The Labute approximate surface area is 168 Å². The number of nitrogens with zero attached hydrogens (tertiary/aromatic N) is 6. The number of H-pyrrole nitrogens is 1. The first-order chi connectivity index (χ1) is 14.3. The second kappa shape index (κ2) is 6.57. The van der Waals surface area contributed by atoms with E-state index in [0.717, 1.165) is 11.8 Å². The van der Waals surface area contributed by atoms with Gasteiger partial charge in [0.05, 0.1) is 28.8 Å². The van der Waals surface area contributed by atoms with E-state index in [2.05, 4.69) is 25.3 Å². The van der Waals surface area contributed by atoms with Crippen LogP contribution in [0.15, 0.2) is 35.1 Å². The molecule has 5 heterocycles. The lowest BCUT2D eigenvalue weighted by molar-refractivity contribution is -0.136. The number of pyridine rings is 1. The van der Waals surface area contributed by atoms with Gasteiger partial charge >= 0.3 is 12.2 Å². The maximum atomic E-state index is 13.5. The SMILES string of the molecule is CC(C)c1nnc(N2CCc3[nH]cnc3[C@H]2c2cc3c(C(F)(F)F)cccn3n2)o1. The predicted octanol–water partition coefficient (Wildman–Crippen LogP) is 3.73. The molecule has 4 aromatic rings. The van der Waals surface area contributed by atoms with Crippen LogP contribution in [-0.2, 0) is 12.6 Å². The quantitative estimate of drug-likeness (QED) is 0.547. The fourth-order valence-electron chi connectivity index (χ4n) is 3.77. The molecule has 0 bridgehead atoms. The van der Waals surface area contributed by atoms with E-state index in [1.165, 1.54) is 22.8 Å². The van der Waals surface area contributed by atoms with E-state index in [1.807, 2.05) is 18.7 Å². The molecular weight excluding hydrogens is 399 g/mol. The number of fused-ring (bicyclic) bond motifs is 2. The topological polar surface area (TPSA) is 88.1 Å². The highest BCUT2D eigenvalue weighted by atomic mass is 19.4. The molecule has 0 unspecified atom stereocenters. The predicted molar refractivity (Wildman–Crippen MR) is 100 cm³/mol. The molecule has 0 amide bonds. The van der Waals surface area contributed by atoms with Crippen molar-refractivity contribution in [3.05, 3.63) is 59.3 Å². The van der Waals surface area contributed by atoms with E-state index in [9.17, 15) is 13.2 Å². The maximum absolute atomic E-state index is 13.5. The van der Waals surface area contributed by atoms with Gasteiger partial charge in [-0.3, -0.25) is 0 Å². The Hall–Kier alpha value is -3.37. The summed E-state index contributed by atoms with van der Waals surface area (Å²) in [5, 5.41) is 12.7. The van der Waals surface area contributed by atoms with Gasteiger partial charge in [0, 0.05) is 30.8 Å². The van der Waals surface area contributed by atoms with E-state index >= 15 is 0 Å². The van der Waals surface area contributed by atoms with E-state index < -0.39 is 17.8 Å². The number of nitrogens with one attached hydrogen (secondary N) is 1. The second-order valence-electron chi connectivity index (χ2n) is 7.51. The van der Waals surface area contributed by atoms with Crippen LogP contribution < -0.4 is 4.90 Å². The lowest BCUT2D eigenvalue weighted by atomic mass is 10.00. The number of imidazole rings is 1. The van der Waals surface area contributed by atoms with E-state index in [1.54, 1.807) is 6.33 Å². The van der Waals surface area contributed by atoms with Crippen LogP contribution in [0.2, 0.25) is 0 Å². The van der Waals surface area contributed by atoms with E-state index in [-0.39, 0.29) is 11.4 Å². The monoisotopic (exact) mass is 417 g/mol. The molecule has 156 valence electrons. The molecule has 0 aliphatic carbocycles. The standard InChI is InChI=1S/C19H18F3N7O/c1-10(2)17-25-26-18(30-17)28-7-5-12-15(24-9-23-12)16(28)13-8-14-11(19(20,21)22)4-3-6-29(14)27-13/h3-4,6,8-10,16H,5,7H2,1-2H3,(H,23,24)/t16-/m1/s1. The van der Waals surface area contributed by atoms with Crippen molar-refractivity contribution in [3.63, 3.8) is 0 Å². The summed E-state index contributed by atoms with van der Waals surface area (Å²) in [6.45, 7) is 4.41. The summed E-state index contributed by atoms with van der Waals surface area (Å²) in [5.74, 6) is 0.547. The molecule has 0 aromatic carbocycles. The third-order valence-electron chi connectivity index (χ3n) is 5.20. The van der Waals surface area contributed by atoms with E-state index in [4.69, 9.17) is 4.42 Å². The summed E-state index contributed by atoms with van der Waals surface area (Å²) in [6.07, 6.45) is -0.754. The fraction of sp³-hybridized carbons (Fsp3) is 0.368. The molecule has 4 aromatic heterocycles. The van der Waals surface area contributed by atoms with Crippen LogP contribution in [0.1, 0.15) is 54.3 Å². The summed E-state index contributed by atoms with van der Waals surface area (Å²) in [6, 6.07) is 3.57. The van der Waals surface area contributed by atoms with Crippen molar-refractivity contribution in [2.75, 3.05) is 11.4 Å². The summed E-state index contributed by atoms with van der Waals surface area (Å²) < 4.78 is 47.5. The molecule has 8 nitrogen and oxygen atoms in total. The Kier molecular flexibility index (Phi) is 4.09.